The van der Waals surface area contributed by atoms with E-state index in [1.165, 1.54) is 45.3 Å². The number of fused-ring (bicyclic) bond motifs is 4. The minimum Gasteiger partial charge on any atom is -0.508 e. The highest BCUT2D eigenvalue weighted by atomic mass is 79.9. The van der Waals surface area contributed by atoms with Crippen LogP contribution in [0.2, 0.25) is 0 Å². The first-order valence-corrected chi connectivity index (χ1v) is 16.8. The van der Waals surface area contributed by atoms with Crippen LogP contribution in [0.5, 0.6) is 17.2 Å². The molecule has 2 aromatic rings. The number of methoxy groups -OCH3 is 2. The smallest absolute Gasteiger partial charge is 0.301 e. The molecular formula is C31H28BrCl2N5O11. The first kappa shape index (κ1) is 35.3. The van der Waals surface area contributed by atoms with Gasteiger partial charge in [0.15, 0.2) is 15.4 Å². The quantitative estimate of drug-likeness (QED) is 0.0998. The van der Waals surface area contributed by atoms with Crippen LogP contribution in [-0.4, -0.2) is 87.0 Å². The number of carbonyl (C=O) groups excluding carboxylic acids is 4. The number of alkyl halides is 3. The van der Waals surface area contributed by atoms with E-state index in [2.05, 4.69) is 15.9 Å². The van der Waals surface area contributed by atoms with Gasteiger partial charge in [0, 0.05) is 49.8 Å². The lowest BCUT2D eigenvalue weighted by Crippen LogP contribution is -2.60. The zero-order valence-electron chi connectivity index (χ0n) is 26.7. The number of amides is 4. The Morgan fingerprint density at radius 2 is 1.52 bits per heavy atom. The number of hydrogen-bond acceptors (Lipinski definition) is 12. The molecule has 0 unspecified atom stereocenters. The van der Waals surface area contributed by atoms with Gasteiger partial charge in [-0.3, -0.25) is 44.3 Å². The monoisotopic (exact) mass is 795 g/mol. The molecule has 2 aromatic carbocycles. The summed E-state index contributed by atoms with van der Waals surface area (Å²) < 4.78 is 11.2. The summed E-state index contributed by atoms with van der Waals surface area (Å²) in [6.07, 6.45) is 1.21. The molecule has 1 N–H and O–H groups in total. The molecule has 264 valence electrons. The molecule has 6 atom stereocenters. The maximum atomic E-state index is 14.5. The number of aromatic hydroxyl groups is 1. The lowest BCUT2D eigenvalue weighted by molar-refractivity contribution is -0.392. The number of rotatable bonds is 8. The van der Waals surface area contributed by atoms with E-state index in [9.17, 15) is 44.5 Å². The second-order valence-corrected chi connectivity index (χ2v) is 14.2. The van der Waals surface area contributed by atoms with Gasteiger partial charge < -0.3 is 19.5 Å². The van der Waals surface area contributed by atoms with Crippen molar-refractivity contribution in [2.75, 3.05) is 43.6 Å². The molecule has 6 rings (SSSR count). The van der Waals surface area contributed by atoms with E-state index < -0.39 is 78.3 Å². The maximum absolute atomic E-state index is 14.5. The number of benzene rings is 2. The van der Waals surface area contributed by atoms with Crippen LogP contribution in [-0.2, 0) is 19.2 Å². The summed E-state index contributed by atoms with van der Waals surface area (Å²) in [4.78, 5) is 77.4. The molecule has 50 heavy (non-hydrogen) atoms. The summed E-state index contributed by atoms with van der Waals surface area (Å²) in [5.41, 5.74) is -1.84. The third-order valence-electron chi connectivity index (χ3n) is 9.99. The Kier molecular flexibility index (Phi) is 8.55. The SMILES string of the molecule is COc1cc(O)cc(OC)c1[C@H]1C2=CC[C@@H]3C(=O)N(c4cc([N+](=O)[O-])c(N(C)C)c([N+](=O)[O-])c4)C(=O)[C@@H]3[C@@H]2C[C@@]2(Cl)C(=O)N(CBr)C(=O)[C@@]12Cl. The Morgan fingerprint density at radius 3 is 2.00 bits per heavy atom. The number of halogens is 3. The molecule has 4 amide bonds. The highest BCUT2D eigenvalue weighted by Gasteiger charge is 2.77. The highest BCUT2D eigenvalue weighted by Crippen LogP contribution is 2.67. The number of phenolic OH excluding ortho intramolecular Hbond substituents is 1. The van der Waals surface area contributed by atoms with Crippen molar-refractivity contribution in [3.63, 3.8) is 0 Å². The van der Waals surface area contributed by atoms with E-state index in [4.69, 9.17) is 32.7 Å². The Bertz CT molecular complexity index is 1900. The van der Waals surface area contributed by atoms with Crippen LogP contribution in [0.25, 0.3) is 0 Å². The van der Waals surface area contributed by atoms with Gasteiger partial charge in [0.2, 0.25) is 11.8 Å². The predicted molar refractivity (Wildman–Crippen MR) is 181 cm³/mol. The van der Waals surface area contributed by atoms with Crippen LogP contribution in [0, 0.1) is 38.0 Å². The van der Waals surface area contributed by atoms with Gasteiger partial charge in [-0.05, 0) is 18.8 Å². The molecule has 0 spiro atoms. The number of hydrogen-bond donors (Lipinski definition) is 1. The van der Waals surface area contributed by atoms with Gasteiger partial charge >= 0.3 is 11.4 Å². The number of carbonyl (C=O) groups is 4. The molecule has 19 heteroatoms. The van der Waals surface area contributed by atoms with Crippen molar-refractivity contribution < 1.29 is 43.6 Å². The molecule has 0 aromatic heterocycles. The van der Waals surface area contributed by atoms with Gasteiger partial charge in [-0.2, -0.15) is 0 Å². The zero-order valence-corrected chi connectivity index (χ0v) is 29.8. The molecule has 0 radical (unpaired) electrons. The van der Waals surface area contributed by atoms with Crippen molar-refractivity contribution in [3.05, 3.63) is 61.7 Å². The van der Waals surface area contributed by atoms with Crippen LogP contribution in [0.3, 0.4) is 0 Å². The number of anilines is 2. The number of nitro groups is 2. The van der Waals surface area contributed by atoms with Crippen molar-refractivity contribution in [2.24, 2.45) is 17.8 Å². The van der Waals surface area contributed by atoms with Crippen LogP contribution in [0.15, 0.2) is 35.9 Å². The average molecular weight is 797 g/mol. The van der Waals surface area contributed by atoms with E-state index in [1.54, 1.807) is 6.08 Å². The first-order valence-electron chi connectivity index (χ1n) is 15.0. The number of likely N-dealkylation sites (tertiary alicyclic amines) is 1. The standard InChI is InChI=1S/C31H28BrCl2N5O11/c1-35(2)25-18(38(45)46)7-13(8-19(25)39(47)48)37-26(41)16-6-5-15-17(22(16)27(37)42)11-30(33)28(43)36(12-32)29(44)31(30,34)24(15)23-20(49-3)9-14(40)10-21(23)50-4/h5,7-10,16-17,22,24,40H,6,11-12H2,1-4H3/t16-,17+,22-,24+,30+,31-/m0/s1. The van der Waals surface area contributed by atoms with E-state index in [0.29, 0.717) is 10.5 Å². The topological polar surface area (TPSA) is 203 Å². The third kappa shape index (κ3) is 4.62. The third-order valence-corrected chi connectivity index (χ3v) is 11.9. The zero-order chi connectivity index (χ0) is 36.8. The molecule has 1 saturated carbocycles. The summed E-state index contributed by atoms with van der Waals surface area (Å²) >= 11 is 17.7. The van der Waals surface area contributed by atoms with Crippen molar-refractivity contribution in [2.45, 2.75) is 28.5 Å². The summed E-state index contributed by atoms with van der Waals surface area (Å²) in [5.74, 6) is -8.07. The molecule has 2 heterocycles. The van der Waals surface area contributed by atoms with Crippen molar-refractivity contribution in [3.8, 4) is 17.2 Å². The second kappa shape index (κ2) is 12.1. The van der Waals surface area contributed by atoms with E-state index in [0.717, 1.165) is 17.0 Å². The molecule has 0 bridgehead atoms. The number of allylic oxidation sites excluding steroid dienone is 2. The molecular weight excluding hydrogens is 769 g/mol. The highest BCUT2D eigenvalue weighted by molar-refractivity contribution is 9.09. The van der Waals surface area contributed by atoms with E-state index in [1.807, 2.05) is 0 Å². The number of ether oxygens (including phenoxy) is 2. The van der Waals surface area contributed by atoms with E-state index in [-0.39, 0.29) is 52.5 Å². The fraction of sp³-hybridized carbons (Fsp3) is 0.419. The Hall–Kier alpha value is -4.48. The fourth-order valence-electron chi connectivity index (χ4n) is 7.99. The van der Waals surface area contributed by atoms with Crippen LogP contribution >= 0.6 is 39.1 Å². The minimum absolute atomic E-state index is 0.0307. The van der Waals surface area contributed by atoms with Gasteiger partial charge in [0.1, 0.15) is 17.2 Å². The van der Waals surface area contributed by atoms with Crippen LogP contribution in [0.4, 0.5) is 22.7 Å². The van der Waals surface area contributed by atoms with Crippen LogP contribution in [0.1, 0.15) is 24.3 Å². The molecule has 2 aliphatic carbocycles. The average Bonchev–Trinajstić information content (AvgIpc) is 3.40. The molecule has 3 fully saturated rings. The summed E-state index contributed by atoms with van der Waals surface area (Å²) in [6, 6.07) is 4.38. The normalized spacial score (nSPS) is 28.6. The molecule has 16 nitrogen and oxygen atoms in total. The van der Waals surface area contributed by atoms with Crippen molar-refractivity contribution >= 4 is 85.5 Å². The lowest BCUT2D eigenvalue weighted by atomic mass is 9.56. The molecule has 4 aliphatic rings. The molecule has 2 aliphatic heterocycles. The van der Waals surface area contributed by atoms with E-state index >= 15 is 0 Å². The maximum Gasteiger partial charge on any atom is 0.301 e. The van der Waals surface area contributed by atoms with Gasteiger partial charge in [-0.1, -0.05) is 27.6 Å². The van der Waals surface area contributed by atoms with Crippen LogP contribution < -0.4 is 19.3 Å². The number of imide groups is 2. The van der Waals surface area contributed by atoms with Gasteiger partial charge in [0.05, 0.1) is 47.0 Å². The Morgan fingerprint density at radius 1 is 0.960 bits per heavy atom. The Labute approximate surface area is 301 Å². The number of nitrogens with zero attached hydrogens (tertiary/aromatic N) is 5. The minimum atomic E-state index is -2.21. The van der Waals surface area contributed by atoms with Crippen molar-refractivity contribution in [1.82, 2.24) is 4.90 Å². The molecule has 2 saturated heterocycles. The Balaban J connectivity index is 1.56. The lowest BCUT2D eigenvalue weighted by Gasteiger charge is -2.51. The van der Waals surface area contributed by atoms with Gasteiger partial charge in [-0.15, -0.1) is 23.2 Å². The predicted octanol–water partition coefficient (Wildman–Crippen LogP) is 4.21. The van der Waals surface area contributed by atoms with Gasteiger partial charge in [-0.25, -0.2) is 4.90 Å². The first-order chi connectivity index (χ1) is 23.5. The van der Waals surface area contributed by atoms with Gasteiger partial charge in [0.25, 0.3) is 11.8 Å². The second-order valence-electron chi connectivity index (χ2n) is 12.5. The fourth-order valence-corrected chi connectivity index (χ4v) is 9.40. The summed E-state index contributed by atoms with van der Waals surface area (Å²) in [6.45, 7) is 0. The number of phenols is 1. The largest absolute Gasteiger partial charge is 0.508 e. The van der Waals surface area contributed by atoms with Crippen molar-refractivity contribution in [1.29, 1.82) is 0 Å². The summed E-state index contributed by atoms with van der Waals surface area (Å²) in [5, 5.41) is 34.6. The summed E-state index contributed by atoms with van der Waals surface area (Å²) in [7, 11) is 5.37. The number of nitro benzene ring substituents is 2.